The minimum absolute atomic E-state index is 0.0529. The van der Waals surface area contributed by atoms with E-state index in [0.29, 0.717) is 17.7 Å². The van der Waals surface area contributed by atoms with E-state index < -0.39 is 0 Å². The van der Waals surface area contributed by atoms with Crippen LogP contribution in [-0.2, 0) is 0 Å². The van der Waals surface area contributed by atoms with Crippen molar-refractivity contribution in [1.82, 2.24) is 9.88 Å². The zero-order valence-corrected chi connectivity index (χ0v) is 14.0. The lowest BCUT2D eigenvalue weighted by Gasteiger charge is -2.35. The molecule has 3 nitrogen and oxygen atoms in total. The second kappa shape index (κ2) is 6.61. The van der Waals surface area contributed by atoms with Crippen LogP contribution in [0.2, 0.25) is 0 Å². The monoisotopic (exact) mass is 314 g/mol. The largest absolute Gasteiger partial charge is 0.337 e. The Balaban J connectivity index is 1.76. The number of nitrogens with zero attached hydrogens (tertiary/aromatic N) is 2. The average Bonchev–Trinajstić information content (AvgIpc) is 3.05. The number of benzene rings is 1. The third kappa shape index (κ3) is 3.07. The maximum absolute atomic E-state index is 12.7. The molecule has 116 valence electrons. The first-order chi connectivity index (χ1) is 10.7. The van der Waals surface area contributed by atoms with Crippen LogP contribution in [0.4, 0.5) is 0 Å². The number of amides is 1. The number of hydrogen-bond donors (Lipinski definition) is 0. The zero-order chi connectivity index (χ0) is 15.5. The Morgan fingerprint density at radius 1 is 1.23 bits per heavy atom. The summed E-state index contributed by atoms with van der Waals surface area (Å²) >= 11 is 1.54. The molecule has 0 radical (unpaired) electrons. The fourth-order valence-electron chi connectivity index (χ4n) is 3.29. The third-order valence-electron chi connectivity index (χ3n) is 4.63. The van der Waals surface area contributed by atoms with Crippen molar-refractivity contribution in [3.8, 4) is 10.6 Å². The standard InChI is InChI=1S/C18H22N2OS/c1-13-8-6-7-11-16(13)20(2)18(21)15-12-22-17(19-15)14-9-4-3-5-10-14/h3-5,9-10,12-13,16H,6-8,11H2,1-2H3. The molecule has 2 aromatic rings. The fraction of sp³-hybridized carbons (Fsp3) is 0.444. The fourth-order valence-corrected chi connectivity index (χ4v) is 4.09. The second-order valence-electron chi connectivity index (χ2n) is 6.15. The van der Waals surface area contributed by atoms with Gasteiger partial charge in [0, 0.05) is 24.0 Å². The molecule has 1 aromatic carbocycles. The molecule has 0 spiro atoms. The van der Waals surface area contributed by atoms with E-state index in [-0.39, 0.29) is 5.91 Å². The van der Waals surface area contributed by atoms with Crippen molar-refractivity contribution in [3.63, 3.8) is 0 Å². The molecule has 2 atom stereocenters. The van der Waals surface area contributed by atoms with Gasteiger partial charge in [0.2, 0.25) is 0 Å². The molecule has 0 saturated heterocycles. The van der Waals surface area contributed by atoms with Gasteiger partial charge in [0.1, 0.15) is 10.7 Å². The maximum atomic E-state index is 12.7. The molecule has 0 aliphatic heterocycles. The third-order valence-corrected chi connectivity index (χ3v) is 5.52. The molecule has 3 rings (SSSR count). The number of aromatic nitrogens is 1. The van der Waals surface area contributed by atoms with Gasteiger partial charge in [-0.1, -0.05) is 50.1 Å². The molecular weight excluding hydrogens is 292 g/mol. The van der Waals surface area contributed by atoms with E-state index in [0.717, 1.165) is 17.0 Å². The van der Waals surface area contributed by atoms with Crippen molar-refractivity contribution in [3.05, 3.63) is 41.4 Å². The SMILES string of the molecule is CC1CCCCC1N(C)C(=O)c1csc(-c2ccccc2)n1. The number of hydrogen-bond acceptors (Lipinski definition) is 3. The molecule has 4 heteroatoms. The Labute approximate surface area is 136 Å². The van der Waals surface area contributed by atoms with Crippen molar-refractivity contribution in [2.45, 2.75) is 38.6 Å². The summed E-state index contributed by atoms with van der Waals surface area (Å²) in [6.45, 7) is 2.25. The minimum atomic E-state index is 0.0529. The van der Waals surface area contributed by atoms with Crippen LogP contribution in [0.1, 0.15) is 43.1 Å². The molecule has 1 aromatic heterocycles. The molecule has 0 bridgehead atoms. The van der Waals surface area contributed by atoms with Gasteiger partial charge >= 0.3 is 0 Å². The summed E-state index contributed by atoms with van der Waals surface area (Å²) in [6, 6.07) is 10.4. The summed E-state index contributed by atoms with van der Waals surface area (Å²) in [5.41, 5.74) is 1.64. The van der Waals surface area contributed by atoms with Crippen molar-refractivity contribution < 1.29 is 4.79 Å². The molecule has 1 aliphatic rings. The Kier molecular flexibility index (Phi) is 4.57. The predicted molar refractivity (Wildman–Crippen MR) is 91.1 cm³/mol. The number of rotatable bonds is 3. The summed E-state index contributed by atoms with van der Waals surface area (Å²) in [7, 11) is 1.93. The van der Waals surface area contributed by atoms with Crippen molar-refractivity contribution in [2.24, 2.45) is 5.92 Å². The van der Waals surface area contributed by atoms with Crippen LogP contribution in [0.5, 0.6) is 0 Å². The highest BCUT2D eigenvalue weighted by Gasteiger charge is 2.29. The van der Waals surface area contributed by atoms with Gasteiger partial charge < -0.3 is 4.90 Å². The molecule has 1 fully saturated rings. The Morgan fingerprint density at radius 3 is 2.68 bits per heavy atom. The summed E-state index contributed by atoms with van der Waals surface area (Å²) in [4.78, 5) is 19.2. The van der Waals surface area contributed by atoms with Gasteiger partial charge in [-0.15, -0.1) is 11.3 Å². The molecule has 1 heterocycles. The minimum Gasteiger partial charge on any atom is -0.337 e. The van der Waals surface area contributed by atoms with Crippen molar-refractivity contribution >= 4 is 17.2 Å². The molecule has 1 amide bonds. The van der Waals surface area contributed by atoms with Gasteiger partial charge in [-0.05, 0) is 18.8 Å². The smallest absolute Gasteiger partial charge is 0.273 e. The molecule has 22 heavy (non-hydrogen) atoms. The van der Waals surface area contributed by atoms with E-state index in [2.05, 4.69) is 11.9 Å². The molecule has 1 saturated carbocycles. The highest BCUT2D eigenvalue weighted by molar-refractivity contribution is 7.13. The summed E-state index contributed by atoms with van der Waals surface area (Å²) < 4.78 is 0. The van der Waals surface area contributed by atoms with Crippen LogP contribution in [0.25, 0.3) is 10.6 Å². The van der Waals surface area contributed by atoms with Crippen LogP contribution in [0, 0.1) is 5.92 Å². The van der Waals surface area contributed by atoms with Crippen molar-refractivity contribution in [1.29, 1.82) is 0 Å². The van der Waals surface area contributed by atoms with E-state index in [9.17, 15) is 4.79 Å². The second-order valence-corrected chi connectivity index (χ2v) is 7.01. The Morgan fingerprint density at radius 2 is 1.95 bits per heavy atom. The lowest BCUT2D eigenvalue weighted by Crippen LogP contribution is -2.42. The van der Waals surface area contributed by atoms with E-state index in [1.807, 2.05) is 47.7 Å². The van der Waals surface area contributed by atoms with Crippen LogP contribution < -0.4 is 0 Å². The van der Waals surface area contributed by atoms with Gasteiger partial charge in [0.25, 0.3) is 5.91 Å². The summed E-state index contributed by atoms with van der Waals surface area (Å²) in [6.07, 6.45) is 4.83. The van der Waals surface area contributed by atoms with Crippen LogP contribution >= 0.6 is 11.3 Å². The zero-order valence-electron chi connectivity index (χ0n) is 13.2. The van der Waals surface area contributed by atoms with Crippen LogP contribution in [-0.4, -0.2) is 28.9 Å². The van der Waals surface area contributed by atoms with Crippen LogP contribution in [0.3, 0.4) is 0 Å². The first kappa shape index (κ1) is 15.2. The number of carbonyl (C=O) groups excluding carboxylic acids is 1. The normalized spacial score (nSPS) is 21.5. The van der Waals surface area contributed by atoms with Gasteiger partial charge in [-0.25, -0.2) is 4.98 Å². The van der Waals surface area contributed by atoms with E-state index in [1.54, 1.807) is 0 Å². The summed E-state index contributed by atoms with van der Waals surface area (Å²) in [5.74, 6) is 0.632. The van der Waals surface area contributed by atoms with E-state index >= 15 is 0 Å². The lowest BCUT2D eigenvalue weighted by molar-refractivity contribution is 0.0624. The summed E-state index contributed by atoms with van der Waals surface area (Å²) in [5, 5.41) is 2.79. The first-order valence-corrected chi connectivity index (χ1v) is 8.83. The average molecular weight is 314 g/mol. The molecule has 2 unspecified atom stereocenters. The number of thiazole rings is 1. The predicted octanol–water partition coefficient (Wildman–Crippen LogP) is 4.46. The first-order valence-electron chi connectivity index (χ1n) is 7.95. The topological polar surface area (TPSA) is 33.2 Å². The van der Waals surface area contributed by atoms with Crippen LogP contribution in [0.15, 0.2) is 35.7 Å². The molecular formula is C18H22N2OS. The maximum Gasteiger partial charge on any atom is 0.273 e. The lowest BCUT2D eigenvalue weighted by atomic mass is 9.85. The van der Waals surface area contributed by atoms with Gasteiger partial charge in [-0.3, -0.25) is 4.79 Å². The highest BCUT2D eigenvalue weighted by Crippen LogP contribution is 2.29. The molecule has 1 aliphatic carbocycles. The van der Waals surface area contributed by atoms with E-state index in [1.165, 1.54) is 30.6 Å². The Bertz CT molecular complexity index is 638. The van der Waals surface area contributed by atoms with E-state index in [4.69, 9.17) is 0 Å². The molecule has 0 N–H and O–H groups in total. The van der Waals surface area contributed by atoms with Crippen molar-refractivity contribution in [2.75, 3.05) is 7.05 Å². The number of carbonyl (C=O) groups is 1. The Hall–Kier alpha value is -1.68. The van der Waals surface area contributed by atoms with Gasteiger partial charge in [0.15, 0.2) is 0 Å². The van der Waals surface area contributed by atoms with Gasteiger partial charge in [-0.2, -0.15) is 0 Å². The highest BCUT2D eigenvalue weighted by atomic mass is 32.1. The quantitative estimate of drug-likeness (QED) is 0.838. The van der Waals surface area contributed by atoms with Gasteiger partial charge in [0.05, 0.1) is 0 Å².